The quantitative estimate of drug-likeness (QED) is 0.171. The molecule has 0 amide bonds. The highest BCUT2D eigenvalue weighted by molar-refractivity contribution is 7.25. The predicted molar refractivity (Wildman–Crippen MR) is 234 cm³/mol. The molecule has 0 N–H and O–H groups in total. The van der Waals surface area contributed by atoms with E-state index in [2.05, 4.69) is 162 Å². The molecule has 11 rings (SSSR count). The second-order valence-corrected chi connectivity index (χ2v) is 15.1. The molecule has 0 aliphatic heterocycles. The Kier molecular flexibility index (Phi) is 7.64. The van der Waals surface area contributed by atoms with Crippen molar-refractivity contribution in [3.8, 4) is 62.1 Å². The van der Waals surface area contributed by atoms with Crippen LogP contribution in [-0.4, -0.2) is 19.5 Å². The minimum Gasteiger partial charge on any atom is -0.309 e. The third-order valence-electron chi connectivity index (χ3n) is 10.7. The molecular formula is C51H32N4S. The van der Waals surface area contributed by atoms with E-state index in [4.69, 9.17) is 15.0 Å². The van der Waals surface area contributed by atoms with E-state index in [0.717, 1.165) is 39.0 Å². The molecule has 0 radical (unpaired) electrons. The standard InChI is InChI=1S/C51H32N4S/c1-4-15-33(16-5-1)36-27-29-44-41(31-36)39-21-10-12-24-43(39)55(44)45-30-28-37(38-23-14-26-47-48(38)40-22-11-13-25-46(40)56-47)32-42(45)51-53-49(34-17-6-2-7-18-34)52-50(54-51)35-19-8-3-9-20-35/h1-32H. The van der Waals surface area contributed by atoms with Crippen LogP contribution in [0.25, 0.3) is 104 Å². The van der Waals surface area contributed by atoms with E-state index in [1.54, 1.807) is 0 Å². The van der Waals surface area contributed by atoms with Gasteiger partial charge in [0, 0.05) is 47.6 Å². The molecule has 5 heteroatoms. The second-order valence-electron chi connectivity index (χ2n) is 14.0. The molecule has 8 aromatic carbocycles. The Labute approximate surface area is 327 Å². The van der Waals surface area contributed by atoms with Crippen LogP contribution in [0.4, 0.5) is 0 Å². The monoisotopic (exact) mass is 732 g/mol. The summed E-state index contributed by atoms with van der Waals surface area (Å²) in [6.07, 6.45) is 0. The zero-order valence-corrected chi connectivity index (χ0v) is 31.0. The number of aromatic nitrogens is 4. The first kappa shape index (κ1) is 32.2. The van der Waals surface area contributed by atoms with Gasteiger partial charge in [-0.2, -0.15) is 0 Å². The summed E-state index contributed by atoms with van der Waals surface area (Å²) in [6.45, 7) is 0. The number of nitrogens with zero attached hydrogens (tertiary/aromatic N) is 4. The number of fused-ring (bicyclic) bond motifs is 6. The Morgan fingerprint density at radius 3 is 1.64 bits per heavy atom. The molecule has 0 saturated carbocycles. The van der Waals surface area contributed by atoms with E-state index in [0.29, 0.717) is 17.5 Å². The van der Waals surface area contributed by atoms with Gasteiger partial charge in [-0.25, -0.2) is 15.0 Å². The van der Waals surface area contributed by atoms with E-state index in [-0.39, 0.29) is 0 Å². The molecule has 0 fully saturated rings. The summed E-state index contributed by atoms with van der Waals surface area (Å²) in [7, 11) is 0. The maximum atomic E-state index is 5.29. The van der Waals surface area contributed by atoms with Crippen molar-refractivity contribution in [2.75, 3.05) is 0 Å². The summed E-state index contributed by atoms with van der Waals surface area (Å²) in [5.74, 6) is 1.88. The maximum Gasteiger partial charge on any atom is 0.166 e. The van der Waals surface area contributed by atoms with Crippen LogP contribution in [0.5, 0.6) is 0 Å². The molecule has 3 aromatic heterocycles. The fourth-order valence-electron chi connectivity index (χ4n) is 8.06. The summed E-state index contributed by atoms with van der Waals surface area (Å²) >= 11 is 1.84. The van der Waals surface area contributed by atoms with Gasteiger partial charge in [0.25, 0.3) is 0 Å². The lowest BCUT2D eigenvalue weighted by atomic mass is 9.96. The molecule has 0 aliphatic carbocycles. The van der Waals surface area contributed by atoms with Crippen molar-refractivity contribution in [1.82, 2.24) is 19.5 Å². The van der Waals surface area contributed by atoms with E-state index >= 15 is 0 Å². The third kappa shape index (κ3) is 5.40. The average Bonchev–Trinajstić information content (AvgIpc) is 3.83. The summed E-state index contributed by atoms with van der Waals surface area (Å²) in [4.78, 5) is 15.6. The fraction of sp³-hybridized carbons (Fsp3) is 0. The number of benzene rings is 8. The van der Waals surface area contributed by atoms with Crippen molar-refractivity contribution in [3.05, 3.63) is 194 Å². The molecular weight excluding hydrogens is 701 g/mol. The first-order valence-corrected chi connectivity index (χ1v) is 19.6. The van der Waals surface area contributed by atoms with Crippen molar-refractivity contribution in [1.29, 1.82) is 0 Å². The van der Waals surface area contributed by atoms with Gasteiger partial charge in [-0.05, 0) is 64.7 Å². The minimum atomic E-state index is 0.615. The van der Waals surface area contributed by atoms with Crippen molar-refractivity contribution >= 4 is 53.3 Å². The first-order chi connectivity index (χ1) is 27.8. The summed E-state index contributed by atoms with van der Waals surface area (Å²) in [5.41, 5.74) is 10.7. The smallest absolute Gasteiger partial charge is 0.166 e. The van der Waals surface area contributed by atoms with Crippen molar-refractivity contribution in [2.24, 2.45) is 0 Å². The van der Waals surface area contributed by atoms with Gasteiger partial charge in [-0.3, -0.25) is 0 Å². The highest BCUT2D eigenvalue weighted by Gasteiger charge is 2.21. The SMILES string of the molecule is c1ccc(-c2ccc3c(c2)c2ccccc2n3-c2ccc(-c3cccc4sc5ccccc5c34)cc2-c2nc(-c3ccccc3)nc(-c3ccccc3)n2)cc1. The number of hydrogen-bond acceptors (Lipinski definition) is 4. The van der Waals surface area contributed by atoms with Crippen LogP contribution in [0.2, 0.25) is 0 Å². The van der Waals surface area contributed by atoms with Crippen LogP contribution >= 0.6 is 11.3 Å². The second kappa shape index (κ2) is 13.3. The van der Waals surface area contributed by atoms with Gasteiger partial charge in [0.2, 0.25) is 0 Å². The summed E-state index contributed by atoms with van der Waals surface area (Å²) < 4.78 is 4.93. The van der Waals surface area contributed by atoms with Gasteiger partial charge in [0.1, 0.15) is 0 Å². The lowest BCUT2D eigenvalue weighted by Crippen LogP contribution is -2.04. The Hall–Kier alpha value is -7.21. The zero-order chi connectivity index (χ0) is 37.0. The minimum absolute atomic E-state index is 0.615. The number of rotatable bonds is 6. The normalized spacial score (nSPS) is 11.6. The Morgan fingerprint density at radius 2 is 0.911 bits per heavy atom. The first-order valence-electron chi connectivity index (χ1n) is 18.8. The Bertz CT molecular complexity index is 3180. The predicted octanol–water partition coefficient (Wildman–Crippen LogP) is 13.7. The molecule has 0 spiro atoms. The number of hydrogen-bond donors (Lipinski definition) is 0. The van der Waals surface area contributed by atoms with Crippen LogP contribution in [0.3, 0.4) is 0 Å². The van der Waals surface area contributed by atoms with Gasteiger partial charge in [-0.15, -0.1) is 11.3 Å². The molecule has 0 aliphatic rings. The molecule has 4 nitrogen and oxygen atoms in total. The fourth-order valence-corrected chi connectivity index (χ4v) is 9.20. The zero-order valence-electron chi connectivity index (χ0n) is 30.2. The van der Waals surface area contributed by atoms with Gasteiger partial charge < -0.3 is 4.57 Å². The van der Waals surface area contributed by atoms with Gasteiger partial charge in [0.15, 0.2) is 17.5 Å². The molecule has 0 bridgehead atoms. The summed E-state index contributed by atoms with van der Waals surface area (Å²) in [5, 5.41) is 4.92. The van der Waals surface area contributed by atoms with Crippen LogP contribution in [-0.2, 0) is 0 Å². The highest BCUT2D eigenvalue weighted by atomic mass is 32.1. The molecule has 0 unspecified atom stereocenters. The van der Waals surface area contributed by atoms with Gasteiger partial charge in [-0.1, -0.05) is 152 Å². The van der Waals surface area contributed by atoms with Crippen molar-refractivity contribution in [3.63, 3.8) is 0 Å². The van der Waals surface area contributed by atoms with E-state index in [9.17, 15) is 0 Å². The number of para-hydroxylation sites is 1. The molecule has 11 aromatic rings. The van der Waals surface area contributed by atoms with Gasteiger partial charge >= 0.3 is 0 Å². The average molecular weight is 733 g/mol. The van der Waals surface area contributed by atoms with Crippen molar-refractivity contribution in [2.45, 2.75) is 0 Å². The molecule has 262 valence electrons. The highest BCUT2D eigenvalue weighted by Crippen LogP contribution is 2.43. The maximum absolute atomic E-state index is 5.29. The Morgan fingerprint density at radius 1 is 0.339 bits per heavy atom. The van der Waals surface area contributed by atoms with E-state index in [1.165, 1.54) is 47.6 Å². The van der Waals surface area contributed by atoms with E-state index in [1.807, 2.05) is 47.7 Å². The third-order valence-corrected chi connectivity index (χ3v) is 11.8. The largest absolute Gasteiger partial charge is 0.309 e. The van der Waals surface area contributed by atoms with Gasteiger partial charge in [0.05, 0.1) is 16.7 Å². The number of thiophene rings is 1. The lowest BCUT2D eigenvalue weighted by Gasteiger charge is -2.17. The molecule has 56 heavy (non-hydrogen) atoms. The van der Waals surface area contributed by atoms with Crippen LogP contribution < -0.4 is 0 Å². The molecule has 3 heterocycles. The summed E-state index contributed by atoms with van der Waals surface area (Å²) in [6, 6.07) is 68.6. The lowest BCUT2D eigenvalue weighted by molar-refractivity contribution is 1.06. The van der Waals surface area contributed by atoms with Crippen molar-refractivity contribution < 1.29 is 0 Å². The topological polar surface area (TPSA) is 43.6 Å². The van der Waals surface area contributed by atoms with E-state index < -0.39 is 0 Å². The van der Waals surface area contributed by atoms with Crippen LogP contribution in [0.15, 0.2) is 194 Å². The molecule has 0 saturated heterocycles. The van der Waals surface area contributed by atoms with Crippen LogP contribution in [0.1, 0.15) is 0 Å². The molecule has 0 atom stereocenters. The Balaban J connectivity index is 1.22. The van der Waals surface area contributed by atoms with Crippen LogP contribution in [0, 0.1) is 0 Å².